The summed E-state index contributed by atoms with van der Waals surface area (Å²) in [5.74, 6) is 0.735. The predicted octanol–water partition coefficient (Wildman–Crippen LogP) is 5.53. The predicted molar refractivity (Wildman–Crippen MR) is 107 cm³/mol. The van der Waals surface area contributed by atoms with Crippen LogP contribution in [0.3, 0.4) is 0 Å². The number of hydrogen-bond acceptors (Lipinski definition) is 3. The lowest BCUT2D eigenvalue weighted by molar-refractivity contribution is 0.541. The van der Waals surface area contributed by atoms with Gasteiger partial charge in [-0.2, -0.15) is 0 Å². The smallest absolute Gasteiger partial charge is 0.262 e. The van der Waals surface area contributed by atoms with Gasteiger partial charge < -0.3 is 0 Å². The summed E-state index contributed by atoms with van der Waals surface area (Å²) in [7, 11) is 0. The van der Waals surface area contributed by atoms with Crippen LogP contribution in [0.25, 0.3) is 10.9 Å². The van der Waals surface area contributed by atoms with Crippen molar-refractivity contribution in [1.29, 1.82) is 0 Å². The highest BCUT2D eigenvalue weighted by atomic mass is 35.5. The third-order valence-electron chi connectivity index (χ3n) is 4.07. The number of benzene rings is 2. The molecule has 0 radical (unpaired) electrons. The Morgan fingerprint density at radius 3 is 2.76 bits per heavy atom. The fourth-order valence-corrected chi connectivity index (χ4v) is 3.93. The summed E-state index contributed by atoms with van der Waals surface area (Å²) >= 11 is 7.65. The van der Waals surface area contributed by atoms with Crippen molar-refractivity contribution in [3.63, 3.8) is 0 Å². The van der Waals surface area contributed by atoms with E-state index in [0.717, 1.165) is 46.3 Å². The van der Waals surface area contributed by atoms with Crippen molar-refractivity contribution in [3.8, 4) is 0 Å². The second kappa shape index (κ2) is 8.54. The Labute approximate surface area is 157 Å². The Morgan fingerprint density at radius 1 is 1.12 bits per heavy atom. The lowest BCUT2D eigenvalue weighted by Gasteiger charge is -2.13. The molecule has 0 saturated heterocycles. The molecule has 130 valence electrons. The largest absolute Gasteiger partial charge is 0.287 e. The Bertz CT molecular complexity index is 923. The molecule has 0 unspecified atom stereocenters. The third-order valence-corrected chi connectivity index (χ3v) is 5.35. The Hall–Kier alpha value is -1.78. The number of thioether (sulfide) groups is 1. The molecule has 5 heteroatoms. The maximum atomic E-state index is 12.9. The zero-order chi connectivity index (χ0) is 17.6. The Kier molecular flexibility index (Phi) is 6.16. The molecule has 0 fully saturated rings. The monoisotopic (exact) mass is 372 g/mol. The van der Waals surface area contributed by atoms with Gasteiger partial charge in [-0.25, -0.2) is 4.98 Å². The van der Waals surface area contributed by atoms with Gasteiger partial charge in [-0.05, 0) is 36.2 Å². The number of fused-ring (bicyclic) bond motifs is 1. The fourth-order valence-electron chi connectivity index (χ4n) is 2.75. The minimum absolute atomic E-state index is 0.0512. The zero-order valence-corrected chi connectivity index (χ0v) is 15.8. The highest BCUT2D eigenvalue weighted by molar-refractivity contribution is 7.98. The van der Waals surface area contributed by atoms with E-state index >= 15 is 0 Å². The molecule has 1 aromatic heterocycles. The van der Waals surface area contributed by atoms with Gasteiger partial charge in [0.05, 0.1) is 10.9 Å². The summed E-state index contributed by atoms with van der Waals surface area (Å²) in [6, 6.07) is 15.4. The maximum Gasteiger partial charge on any atom is 0.262 e. The van der Waals surface area contributed by atoms with Gasteiger partial charge in [0.25, 0.3) is 5.56 Å². The third kappa shape index (κ3) is 4.44. The van der Waals surface area contributed by atoms with Crippen molar-refractivity contribution >= 4 is 34.3 Å². The lowest BCUT2D eigenvalue weighted by Crippen LogP contribution is -2.23. The average molecular weight is 373 g/mol. The van der Waals surface area contributed by atoms with Crippen molar-refractivity contribution in [1.82, 2.24) is 9.55 Å². The minimum atomic E-state index is 0.0512. The molecule has 0 aliphatic carbocycles. The first kappa shape index (κ1) is 18.0. The number of halogens is 1. The van der Waals surface area contributed by atoms with Gasteiger partial charge in [0.1, 0.15) is 0 Å². The molecule has 0 aliphatic rings. The van der Waals surface area contributed by atoms with E-state index in [1.165, 1.54) is 0 Å². The molecule has 1 heterocycles. The number of nitrogens with zero attached hydrogens (tertiary/aromatic N) is 2. The molecule has 0 atom stereocenters. The second-order valence-electron chi connectivity index (χ2n) is 5.99. The molecule has 3 rings (SSSR count). The molecule has 0 aliphatic heterocycles. The van der Waals surface area contributed by atoms with Gasteiger partial charge in [-0.3, -0.25) is 9.36 Å². The van der Waals surface area contributed by atoms with Crippen molar-refractivity contribution in [3.05, 3.63) is 69.5 Å². The van der Waals surface area contributed by atoms with Crippen molar-refractivity contribution in [2.24, 2.45) is 0 Å². The summed E-state index contributed by atoms with van der Waals surface area (Å²) < 4.78 is 1.83. The highest BCUT2D eigenvalue weighted by Crippen LogP contribution is 2.24. The summed E-state index contributed by atoms with van der Waals surface area (Å²) in [5.41, 5.74) is 1.93. The van der Waals surface area contributed by atoms with Crippen LogP contribution in [0.1, 0.15) is 31.7 Å². The summed E-state index contributed by atoms with van der Waals surface area (Å²) in [6.07, 6.45) is 3.22. The van der Waals surface area contributed by atoms with Gasteiger partial charge in [-0.15, -0.1) is 0 Å². The number of para-hydroxylation sites is 1. The van der Waals surface area contributed by atoms with Gasteiger partial charge in [0.15, 0.2) is 5.16 Å². The molecule has 0 amide bonds. The highest BCUT2D eigenvalue weighted by Gasteiger charge is 2.11. The fraction of sp³-hybridized carbons (Fsp3) is 0.300. The summed E-state index contributed by atoms with van der Waals surface area (Å²) in [4.78, 5) is 17.6. The molecular formula is C20H21ClN2OS. The Balaban J connectivity index is 1.93. The van der Waals surface area contributed by atoms with E-state index in [2.05, 4.69) is 6.92 Å². The number of rotatable bonds is 7. The first-order valence-corrected chi connectivity index (χ1v) is 9.92. The van der Waals surface area contributed by atoms with Crippen LogP contribution in [0.15, 0.2) is 58.5 Å². The average Bonchev–Trinajstić information content (AvgIpc) is 2.62. The van der Waals surface area contributed by atoms with Crippen LogP contribution in [0.2, 0.25) is 5.02 Å². The first-order valence-electron chi connectivity index (χ1n) is 8.56. The van der Waals surface area contributed by atoms with E-state index in [0.29, 0.717) is 11.9 Å². The molecular weight excluding hydrogens is 352 g/mol. The van der Waals surface area contributed by atoms with Crippen LogP contribution in [-0.2, 0) is 12.3 Å². The molecule has 0 spiro atoms. The SMILES string of the molecule is CCCCCn1c(SCc2cccc(Cl)c2)nc2ccccc2c1=O. The molecule has 2 aromatic carbocycles. The number of unbranched alkanes of at least 4 members (excludes halogenated alkanes) is 2. The van der Waals surface area contributed by atoms with Crippen molar-refractivity contribution in [2.45, 2.75) is 43.6 Å². The van der Waals surface area contributed by atoms with E-state index in [9.17, 15) is 4.79 Å². The van der Waals surface area contributed by atoms with Crippen LogP contribution in [-0.4, -0.2) is 9.55 Å². The van der Waals surface area contributed by atoms with Crippen molar-refractivity contribution in [2.75, 3.05) is 0 Å². The molecule has 3 aromatic rings. The zero-order valence-electron chi connectivity index (χ0n) is 14.2. The van der Waals surface area contributed by atoms with E-state index in [1.807, 2.05) is 53.1 Å². The summed E-state index contributed by atoms with van der Waals surface area (Å²) in [6.45, 7) is 2.87. The minimum Gasteiger partial charge on any atom is -0.287 e. The van der Waals surface area contributed by atoms with Gasteiger partial charge in [0, 0.05) is 17.3 Å². The van der Waals surface area contributed by atoms with Crippen LogP contribution < -0.4 is 5.56 Å². The number of hydrogen-bond donors (Lipinski definition) is 0. The Morgan fingerprint density at radius 2 is 1.96 bits per heavy atom. The first-order chi connectivity index (χ1) is 12.2. The standard InChI is InChI=1S/C20H21ClN2OS/c1-2-3-6-12-23-19(24)17-10-4-5-11-18(17)22-20(23)25-14-15-8-7-9-16(21)13-15/h4-5,7-11,13H,2-3,6,12,14H2,1H3. The van der Waals surface area contributed by atoms with Gasteiger partial charge >= 0.3 is 0 Å². The molecule has 0 N–H and O–H groups in total. The second-order valence-corrected chi connectivity index (χ2v) is 7.37. The van der Waals surface area contributed by atoms with E-state index in [-0.39, 0.29) is 5.56 Å². The van der Waals surface area contributed by atoms with Crippen LogP contribution in [0.5, 0.6) is 0 Å². The topological polar surface area (TPSA) is 34.9 Å². The van der Waals surface area contributed by atoms with Crippen LogP contribution >= 0.6 is 23.4 Å². The van der Waals surface area contributed by atoms with Crippen molar-refractivity contribution < 1.29 is 0 Å². The maximum absolute atomic E-state index is 12.9. The van der Waals surface area contributed by atoms with Crippen LogP contribution in [0.4, 0.5) is 0 Å². The van der Waals surface area contributed by atoms with E-state index in [1.54, 1.807) is 11.8 Å². The normalized spacial score (nSPS) is 11.1. The molecule has 0 saturated carbocycles. The molecule has 3 nitrogen and oxygen atoms in total. The van der Waals surface area contributed by atoms with E-state index < -0.39 is 0 Å². The molecule has 0 bridgehead atoms. The molecule has 25 heavy (non-hydrogen) atoms. The van der Waals surface area contributed by atoms with Gasteiger partial charge in [-0.1, -0.05) is 67.4 Å². The van der Waals surface area contributed by atoms with E-state index in [4.69, 9.17) is 16.6 Å². The van der Waals surface area contributed by atoms with Crippen LogP contribution in [0, 0.1) is 0 Å². The van der Waals surface area contributed by atoms with Gasteiger partial charge in [0.2, 0.25) is 0 Å². The quantitative estimate of drug-likeness (QED) is 0.310. The lowest BCUT2D eigenvalue weighted by atomic mass is 10.2. The summed E-state index contributed by atoms with van der Waals surface area (Å²) in [5, 5.41) is 2.19. The number of aromatic nitrogens is 2.